The highest BCUT2D eigenvalue weighted by atomic mass is 15.3. The summed E-state index contributed by atoms with van der Waals surface area (Å²) in [5.74, 6) is 2.62. The molecule has 1 rings (SSSR count). The van der Waals surface area contributed by atoms with Gasteiger partial charge < -0.3 is 0 Å². The predicted molar refractivity (Wildman–Crippen MR) is 53.1 cm³/mol. The lowest BCUT2D eigenvalue weighted by atomic mass is 10.2. The van der Waals surface area contributed by atoms with Gasteiger partial charge in [0.05, 0.1) is 12.2 Å². The molecule has 1 N–H and O–H groups in total. The first kappa shape index (κ1) is 9.82. The number of nitrogens with zero attached hydrogens (tertiary/aromatic N) is 2. The Kier molecular flexibility index (Phi) is 3.10. The molecule has 13 heavy (non-hydrogen) atoms. The molecule has 0 aromatic carbocycles. The van der Waals surface area contributed by atoms with Crippen LogP contribution in [0.1, 0.15) is 18.2 Å². The van der Waals surface area contributed by atoms with Crippen LogP contribution >= 0.6 is 0 Å². The molecule has 1 unspecified atom stereocenters. The highest BCUT2D eigenvalue weighted by Gasteiger charge is 2.03. The Morgan fingerprint density at radius 1 is 1.77 bits per heavy atom. The third-order valence-electron chi connectivity index (χ3n) is 2.19. The van der Waals surface area contributed by atoms with Crippen LogP contribution in [-0.2, 0) is 13.6 Å². The average Bonchev–Trinajstić information content (AvgIpc) is 2.44. The standard InChI is InChI=1S/C10H15N3/c1-5-8(2)11-6-10-7-12-13(4)9(10)3/h1,7-8,11H,6H2,2-4H3. The van der Waals surface area contributed by atoms with Gasteiger partial charge in [-0.1, -0.05) is 5.92 Å². The fourth-order valence-electron chi connectivity index (χ4n) is 1.04. The summed E-state index contributed by atoms with van der Waals surface area (Å²) in [6, 6.07) is 0.111. The van der Waals surface area contributed by atoms with E-state index in [4.69, 9.17) is 6.42 Å². The van der Waals surface area contributed by atoms with Crippen LogP contribution in [0.2, 0.25) is 0 Å². The van der Waals surface area contributed by atoms with Crippen molar-refractivity contribution in [3.63, 3.8) is 0 Å². The van der Waals surface area contributed by atoms with Crippen molar-refractivity contribution in [1.82, 2.24) is 15.1 Å². The first-order chi connectivity index (χ1) is 6.15. The predicted octanol–water partition coefficient (Wildman–Crippen LogP) is 0.840. The number of hydrogen-bond donors (Lipinski definition) is 1. The van der Waals surface area contributed by atoms with Crippen molar-refractivity contribution in [1.29, 1.82) is 0 Å². The summed E-state index contributed by atoms with van der Waals surface area (Å²) in [4.78, 5) is 0. The molecule has 70 valence electrons. The zero-order valence-corrected chi connectivity index (χ0v) is 8.33. The van der Waals surface area contributed by atoms with Gasteiger partial charge >= 0.3 is 0 Å². The van der Waals surface area contributed by atoms with E-state index in [-0.39, 0.29) is 6.04 Å². The Morgan fingerprint density at radius 3 is 2.92 bits per heavy atom. The highest BCUT2D eigenvalue weighted by Crippen LogP contribution is 2.04. The average molecular weight is 177 g/mol. The van der Waals surface area contributed by atoms with Crippen molar-refractivity contribution in [2.24, 2.45) is 7.05 Å². The van der Waals surface area contributed by atoms with E-state index in [0.717, 1.165) is 6.54 Å². The van der Waals surface area contributed by atoms with Gasteiger partial charge in [-0.25, -0.2) is 0 Å². The quantitative estimate of drug-likeness (QED) is 0.693. The second kappa shape index (κ2) is 4.11. The molecule has 3 heteroatoms. The third-order valence-corrected chi connectivity index (χ3v) is 2.19. The van der Waals surface area contributed by atoms with Crippen LogP contribution in [0.4, 0.5) is 0 Å². The Bertz CT molecular complexity index is 319. The van der Waals surface area contributed by atoms with Crippen LogP contribution in [0.15, 0.2) is 6.20 Å². The molecule has 1 aromatic rings. The lowest BCUT2D eigenvalue weighted by Crippen LogP contribution is -2.23. The molecule has 1 aromatic heterocycles. The van der Waals surface area contributed by atoms with Gasteiger partial charge in [-0.05, 0) is 13.8 Å². The Labute approximate surface area is 79.1 Å². The van der Waals surface area contributed by atoms with Crippen molar-refractivity contribution in [3.8, 4) is 12.3 Å². The second-order valence-corrected chi connectivity index (χ2v) is 3.15. The third kappa shape index (κ3) is 2.33. The molecule has 1 heterocycles. The molecule has 0 aliphatic rings. The lowest BCUT2D eigenvalue weighted by molar-refractivity contribution is 0.643. The molecule has 3 nitrogen and oxygen atoms in total. The molecule has 0 radical (unpaired) electrons. The maximum atomic E-state index is 5.25. The minimum absolute atomic E-state index is 0.111. The molecular weight excluding hydrogens is 162 g/mol. The molecule has 0 spiro atoms. The molecule has 0 aliphatic heterocycles. The van der Waals surface area contributed by atoms with Crippen LogP contribution in [-0.4, -0.2) is 15.8 Å². The molecular formula is C10H15N3. The lowest BCUT2D eigenvalue weighted by Gasteiger charge is -2.06. The number of aromatic nitrogens is 2. The molecule has 0 bridgehead atoms. The maximum absolute atomic E-state index is 5.25. The SMILES string of the molecule is C#CC(C)NCc1cnn(C)c1C. The Balaban J connectivity index is 2.56. The topological polar surface area (TPSA) is 29.9 Å². The van der Waals surface area contributed by atoms with Gasteiger partial charge in [0.15, 0.2) is 0 Å². The molecule has 0 saturated carbocycles. The van der Waals surface area contributed by atoms with E-state index < -0.39 is 0 Å². The number of terminal acetylenes is 1. The monoisotopic (exact) mass is 177 g/mol. The van der Waals surface area contributed by atoms with Crippen LogP contribution < -0.4 is 5.32 Å². The van der Waals surface area contributed by atoms with Gasteiger partial charge in [0, 0.05) is 24.8 Å². The fourth-order valence-corrected chi connectivity index (χ4v) is 1.04. The normalized spacial score (nSPS) is 12.5. The summed E-state index contributed by atoms with van der Waals surface area (Å²) in [6.45, 7) is 4.79. The summed E-state index contributed by atoms with van der Waals surface area (Å²) in [6.07, 6.45) is 7.11. The maximum Gasteiger partial charge on any atom is 0.0660 e. The highest BCUT2D eigenvalue weighted by molar-refractivity contribution is 5.16. The van der Waals surface area contributed by atoms with E-state index in [1.165, 1.54) is 11.3 Å². The molecule has 0 fully saturated rings. The van der Waals surface area contributed by atoms with E-state index in [2.05, 4.69) is 16.3 Å². The van der Waals surface area contributed by atoms with E-state index in [1.54, 1.807) is 0 Å². The van der Waals surface area contributed by atoms with Crippen LogP contribution in [0.5, 0.6) is 0 Å². The van der Waals surface area contributed by atoms with Gasteiger partial charge in [0.2, 0.25) is 0 Å². The van der Waals surface area contributed by atoms with Gasteiger partial charge in [-0.2, -0.15) is 5.10 Å². The minimum Gasteiger partial charge on any atom is -0.300 e. The van der Waals surface area contributed by atoms with Gasteiger partial charge in [0.1, 0.15) is 0 Å². The van der Waals surface area contributed by atoms with Gasteiger partial charge in [-0.3, -0.25) is 10.00 Å². The molecule has 0 aliphatic carbocycles. The van der Waals surface area contributed by atoms with E-state index >= 15 is 0 Å². The first-order valence-corrected chi connectivity index (χ1v) is 4.32. The zero-order valence-electron chi connectivity index (χ0n) is 8.33. The second-order valence-electron chi connectivity index (χ2n) is 3.15. The molecule has 1 atom stereocenters. The van der Waals surface area contributed by atoms with E-state index in [1.807, 2.05) is 31.8 Å². The largest absolute Gasteiger partial charge is 0.300 e. The van der Waals surface area contributed by atoms with Crippen LogP contribution in [0, 0.1) is 19.3 Å². The van der Waals surface area contributed by atoms with Crippen molar-refractivity contribution < 1.29 is 0 Å². The summed E-state index contributed by atoms with van der Waals surface area (Å²) in [5.41, 5.74) is 2.38. The summed E-state index contributed by atoms with van der Waals surface area (Å²) in [7, 11) is 1.93. The van der Waals surface area contributed by atoms with Crippen molar-refractivity contribution >= 4 is 0 Å². The number of rotatable bonds is 3. The molecule has 0 saturated heterocycles. The van der Waals surface area contributed by atoms with E-state index in [9.17, 15) is 0 Å². The first-order valence-electron chi connectivity index (χ1n) is 4.32. The summed E-state index contributed by atoms with van der Waals surface area (Å²) >= 11 is 0. The Morgan fingerprint density at radius 2 is 2.46 bits per heavy atom. The zero-order chi connectivity index (χ0) is 9.84. The summed E-state index contributed by atoms with van der Waals surface area (Å²) in [5, 5.41) is 7.36. The minimum atomic E-state index is 0.111. The van der Waals surface area contributed by atoms with E-state index in [0.29, 0.717) is 0 Å². The van der Waals surface area contributed by atoms with Crippen LogP contribution in [0.25, 0.3) is 0 Å². The van der Waals surface area contributed by atoms with Crippen molar-refractivity contribution in [2.45, 2.75) is 26.4 Å². The number of hydrogen-bond acceptors (Lipinski definition) is 2. The smallest absolute Gasteiger partial charge is 0.0660 e. The van der Waals surface area contributed by atoms with Crippen molar-refractivity contribution in [2.75, 3.05) is 0 Å². The fraction of sp³-hybridized carbons (Fsp3) is 0.500. The van der Waals surface area contributed by atoms with Gasteiger partial charge in [-0.15, -0.1) is 6.42 Å². The molecule has 0 amide bonds. The number of nitrogens with one attached hydrogen (secondary N) is 1. The van der Waals surface area contributed by atoms with Gasteiger partial charge in [0.25, 0.3) is 0 Å². The Hall–Kier alpha value is -1.27. The summed E-state index contributed by atoms with van der Waals surface area (Å²) < 4.78 is 1.86. The number of aryl methyl sites for hydroxylation is 1. The van der Waals surface area contributed by atoms with Crippen molar-refractivity contribution in [3.05, 3.63) is 17.5 Å². The van der Waals surface area contributed by atoms with Crippen LogP contribution in [0.3, 0.4) is 0 Å².